The van der Waals surface area contributed by atoms with Crippen molar-refractivity contribution in [1.29, 1.82) is 0 Å². The molecule has 3 nitrogen and oxygen atoms in total. The summed E-state index contributed by atoms with van der Waals surface area (Å²) in [4.78, 5) is 2.40. The second-order valence-electron chi connectivity index (χ2n) is 5.86. The van der Waals surface area contributed by atoms with Crippen LogP contribution in [0.15, 0.2) is 18.2 Å². The minimum Gasteiger partial charge on any atom is -0.495 e. The lowest BCUT2D eigenvalue weighted by Crippen LogP contribution is -2.60. The molecule has 1 N–H and O–H groups in total. The molecule has 1 saturated heterocycles. The number of hydrogen-bond donors (Lipinski definition) is 1. The lowest BCUT2D eigenvalue weighted by molar-refractivity contribution is 0.284. The zero-order valence-electron chi connectivity index (χ0n) is 11.6. The van der Waals surface area contributed by atoms with Gasteiger partial charge in [0.15, 0.2) is 0 Å². The van der Waals surface area contributed by atoms with E-state index in [1.54, 1.807) is 7.11 Å². The Labute approximate surface area is 119 Å². The van der Waals surface area contributed by atoms with E-state index in [-0.39, 0.29) is 5.54 Å². The Hall–Kier alpha value is -0.930. The van der Waals surface area contributed by atoms with Crippen LogP contribution < -0.4 is 15.0 Å². The van der Waals surface area contributed by atoms with Crippen LogP contribution >= 0.6 is 11.6 Å². The third kappa shape index (κ3) is 2.54. The zero-order chi connectivity index (χ0) is 13.5. The molecule has 1 saturated carbocycles. The molecule has 4 heteroatoms. The highest BCUT2D eigenvalue weighted by molar-refractivity contribution is 6.30. The van der Waals surface area contributed by atoms with Gasteiger partial charge in [0.1, 0.15) is 5.75 Å². The van der Waals surface area contributed by atoms with Crippen molar-refractivity contribution < 1.29 is 4.74 Å². The standard InChI is InChI=1S/C15H21ClN2O/c1-15(11-3-4-11)10-18(8-7-17-15)13-9-12(16)5-6-14(13)19-2/h5-6,9,11,17H,3-4,7-8,10H2,1-2H3. The minimum atomic E-state index is 0.228. The van der Waals surface area contributed by atoms with E-state index in [4.69, 9.17) is 16.3 Å². The molecule has 19 heavy (non-hydrogen) atoms. The fourth-order valence-electron chi connectivity index (χ4n) is 3.12. The van der Waals surface area contributed by atoms with E-state index in [2.05, 4.69) is 17.1 Å². The number of piperazine rings is 1. The highest BCUT2D eigenvalue weighted by Crippen LogP contribution is 2.42. The zero-order valence-corrected chi connectivity index (χ0v) is 12.3. The van der Waals surface area contributed by atoms with E-state index in [0.29, 0.717) is 0 Å². The average molecular weight is 281 g/mol. The van der Waals surface area contributed by atoms with Crippen molar-refractivity contribution in [2.24, 2.45) is 5.92 Å². The molecule has 0 aromatic heterocycles. The van der Waals surface area contributed by atoms with Crippen molar-refractivity contribution in [3.63, 3.8) is 0 Å². The Morgan fingerprint density at radius 1 is 1.42 bits per heavy atom. The maximum Gasteiger partial charge on any atom is 0.142 e. The molecule has 2 aliphatic rings. The summed E-state index contributed by atoms with van der Waals surface area (Å²) < 4.78 is 5.48. The predicted octanol–water partition coefficient (Wildman–Crippen LogP) is 2.93. The molecule has 0 amide bonds. The lowest BCUT2D eigenvalue weighted by atomic mass is 9.92. The van der Waals surface area contributed by atoms with Crippen LogP contribution in [0.25, 0.3) is 0 Å². The van der Waals surface area contributed by atoms with Crippen LogP contribution in [0.5, 0.6) is 5.75 Å². The number of ether oxygens (including phenoxy) is 1. The van der Waals surface area contributed by atoms with Gasteiger partial charge < -0.3 is 15.0 Å². The summed E-state index contributed by atoms with van der Waals surface area (Å²) in [5.74, 6) is 1.73. The second-order valence-corrected chi connectivity index (χ2v) is 6.29. The number of nitrogens with one attached hydrogen (secondary N) is 1. The molecular formula is C15H21ClN2O. The fourth-order valence-corrected chi connectivity index (χ4v) is 3.28. The first-order chi connectivity index (χ1) is 9.12. The smallest absolute Gasteiger partial charge is 0.142 e. The number of methoxy groups -OCH3 is 1. The number of anilines is 1. The van der Waals surface area contributed by atoms with Crippen LogP contribution in [-0.4, -0.2) is 32.3 Å². The normalized spacial score (nSPS) is 27.4. The quantitative estimate of drug-likeness (QED) is 0.921. The molecule has 1 unspecified atom stereocenters. The van der Waals surface area contributed by atoms with Gasteiger partial charge in [-0.15, -0.1) is 0 Å². The molecule has 1 aromatic carbocycles. The molecule has 104 valence electrons. The molecule has 2 fully saturated rings. The first-order valence-electron chi connectivity index (χ1n) is 6.96. The molecule has 0 radical (unpaired) electrons. The number of nitrogens with zero attached hydrogens (tertiary/aromatic N) is 1. The topological polar surface area (TPSA) is 24.5 Å². The summed E-state index contributed by atoms with van der Waals surface area (Å²) in [5.41, 5.74) is 1.34. The van der Waals surface area contributed by atoms with Crippen molar-refractivity contribution in [2.75, 3.05) is 31.6 Å². The number of benzene rings is 1. The molecule has 1 heterocycles. The van der Waals surface area contributed by atoms with E-state index < -0.39 is 0 Å². The fraction of sp³-hybridized carbons (Fsp3) is 0.600. The average Bonchev–Trinajstić information content (AvgIpc) is 3.23. The Morgan fingerprint density at radius 2 is 2.21 bits per heavy atom. The first-order valence-corrected chi connectivity index (χ1v) is 7.34. The Morgan fingerprint density at radius 3 is 2.89 bits per heavy atom. The highest BCUT2D eigenvalue weighted by Gasteiger charge is 2.44. The van der Waals surface area contributed by atoms with Gasteiger partial charge in [-0.2, -0.15) is 0 Å². The van der Waals surface area contributed by atoms with Gasteiger partial charge in [0.05, 0.1) is 12.8 Å². The van der Waals surface area contributed by atoms with Gasteiger partial charge >= 0.3 is 0 Å². The van der Waals surface area contributed by atoms with Crippen LogP contribution in [0.4, 0.5) is 5.69 Å². The van der Waals surface area contributed by atoms with Crippen molar-refractivity contribution in [1.82, 2.24) is 5.32 Å². The van der Waals surface area contributed by atoms with Gasteiger partial charge in [-0.1, -0.05) is 11.6 Å². The van der Waals surface area contributed by atoms with Crippen molar-refractivity contribution in [3.05, 3.63) is 23.2 Å². The second kappa shape index (κ2) is 4.88. The number of rotatable bonds is 3. The Bertz CT molecular complexity index is 475. The van der Waals surface area contributed by atoms with Gasteiger partial charge in [0.25, 0.3) is 0 Å². The maximum atomic E-state index is 6.14. The largest absolute Gasteiger partial charge is 0.495 e. The van der Waals surface area contributed by atoms with E-state index in [1.165, 1.54) is 12.8 Å². The lowest BCUT2D eigenvalue weighted by Gasteiger charge is -2.43. The molecule has 1 aliphatic heterocycles. The van der Waals surface area contributed by atoms with Crippen molar-refractivity contribution in [2.45, 2.75) is 25.3 Å². The van der Waals surface area contributed by atoms with Crippen LogP contribution in [0.2, 0.25) is 5.02 Å². The van der Waals surface area contributed by atoms with E-state index >= 15 is 0 Å². The number of halogens is 1. The Balaban J connectivity index is 1.86. The van der Waals surface area contributed by atoms with Crippen LogP contribution in [-0.2, 0) is 0 Å². The van der Waals surface area contributed by atoms with Crippen molar-refractivity contribution in [3.8, 4) is 5.75 Å². The van der Waals surface area contributed by atoms with Crippen LogP contribution in [0, 0.1) is 5.92 Å². The van der Waals surface area contributed by atoms with Gasteiger partial charge in [0, 0.05) is 30.2 Å². The number of hydrogen-bond acceptors (Lipinski definition) is 3. The minimum absolute atomic E-state index is 0.228. The highest BCUT2D eigenvalue weighted by atomic mass is 35.5. The predicted molar refractivity (Wildman–Crippen MR) is 79.3 cm³/mol. The van der Waals surface area contributed by atoms with Gasteiger partial charge in [-0.25, -0.2) is 0 Å². The monoisotopic (exact) mass is 280 g/mol. The summed E-state index contributed by atoms with van der Waals surface area (Å²) in [6.07, 6.45) is 2.70. The van der Waals surface area contributed by atoms with Gasteiger partial charge in [-0.05, 0) is 43.9 Å². The third-order valence-corrected chi connectivity index (χ3v) is 4.62. The molecular weight excluding hydrogens is 260 g/mol. The molecule has 3 rings (SSSR count). The van der Waals surface area contributed by atoms with Crippen LogP contribution in [0.3, 0.4) is 0 Å². The molecule has 0 bridgehead atoms. The first kappa shape index (κ1) is 13.1. The molecule has 1 aromatic rings. The maximum absolute atomic E-state index is 6.14. The van der Waals surface area contributed by atoms with Gasteiger partial charge in [0.2, 0.25) is 0 Å². The summed E-state index contributed by atoms with van der Waals surface area (Å²) in [6.45, 7) is 5.38. The van der Waals surface area contributed by atoms with Crippen molar-refractivity contribution >= 4 is 17.3 Å². The summed E-state index contributed by atoms with van der Waals surface area (Å²) in [5, 5.41) is 4.46. The molecule has 0 spiro atoms. The van der Waals surface area contributed by atoms with E-state index in [1.807, 2.05) is 18.2 Å². The Kier molecular flexibility index (Phi) is 3.35. The molecule has 1 atom stereocenters. The SMILES string of the molecule is COc1ccc(Cl)cc1N1CCNC(C)(C2CC2)C1. The summed E-state index contributed by atoms with van der Waals surface area (Å²) >= 11 is 6.14. The third-order valence-electron chi connectivity index (χ3n) is 4.39. The molecule has 1 aliphatic carbocycles. The van der Waals surface area contributed by atoms with Gasteiger partial charge in [-0.3, -0.25) is 0 Å². The summed E-state index contributed by atoms with van der Waals surface area (Å²) in [6, 6.07) is 5.85. The summed E-state index contributed by atoms with van der Waals surface area (Å²) in [7, 11) is 1.72. The van der Waals surface area contributed by atoms with Crippen LogP contribution in [0.1, 0.15) is 19.8 Å². The van der Waals surface area contributed by atoms with E-state index in [0.717, 1.165) is 42.0 Å². The van der Waals surface area contributed by atoms with E-state index in [9.17, 15) is 0 Å².